The zero-order chi connectivity index (χ0) is 18.8. The number of ether oxygens (including phenoxy) is 1. The van der Waals surface area contributed by atoms with Crippen molar-refractivity contribution in [2.24, 2.45) is 0 Å². The van der Waals surface area contributed by atoms with Crippen LogP contribution in [0, 0.1) is 0 Å². The molecular formula is C20H24N4O3. The van der Waals surface area contributed by atoms with Crippen LogP contribution in [-0.4, -0.2) is 64.6 Å². The minimum atomic E-state index is -0.189. The van der Waals surface area contributed by atoms with Crippen molar-refractivity contribution in [1.82, 2.24) is 19.8 Å². The molecule has 4 rings (SSSR count). The molecule has 0 spiro atoms. The molecule has 7 nitrogen and oxygen atoms in total. The number of aromatic amines is 1. The summed E-state index contributed by atoms with van der Waals surface area (Å²) in [6, 6.07) is 9.39. The fraction of sp³-hybridized carbons (Fsp3) is 0.450. The van der Waals surface area contributed by atoms with Crippen LogP contribution in [0.2, 0.25) is 0 Å². The lowest BCUT2D eigenvalue weighted by Gasteiger charge is -2.36. The smallest absolute Gasteiger partial charge is 0.254 e. The van der Waals surface area contributed by atoms with Crippen molar-refractivity contribution in [3.05, 3.63) is 51.9 Å². The Morgan fingerprint density at radius 1 is 1.19 bits per heavy atom. The molecule has 1 N–H and O–H groups in total. The van der Waals surface area contributed by atoms with Crippen LogP contribution in [-0.2, 0) is 22.5 Å². The van der Waals surface area contributed by atoms with E-state index in [1.165, 1.54) is 0 Å². The van der Waals surface area contributed by atoms with Gasteiger partial charge in [0, 0.05) is 30.8 Å². The first kappa shape index (κ1) is 17.9. The predicted octanol–water partition coefficient (Wildman–Crippen LogP) is 1.04. The molecule has 1 amide bonds. The molecule has 0 radical (unpaired) electrons. The van der Waals surface area contributed by atoms with Gasteiger partial charge < -0.3 is 14.6 Å². The average Bonchev–Trinajstić information content (AvgIpc) is 2.73. The summed E-state index contributed by atoms with van der Waals surface area (Å²) in [6.07, 6.45) is 0.536. The van der Waals surface area contributed by atoms with E-state index >= 15 is 0 Å². The van der Waals surface area contributed by atoms with Crippen LogP contribution >= 0.6 is 0 Å². The van der Waals surface area contributed by atoms with Gasteiger partial charge in [0.2, 0.25) is 5.91 Å². The van der Waals surface area contributed by atoms with Crippen molar-refractivity contribution in [2.45, 2.75) is 25.9 Å². The molecule has 3 heterocycles. The first-order valence-electron chi connectivity index (χ1n) is 9.41. The second-order valence-electron chi connectivity index (χ2n) is 7.04. The molecule has 2 aliphatic heterocycles. The Morgan fingerprint density at radius 3 is 2.67 bits per heavy atom. The van der Waals surface area contributed by atoms with Gasteiger partial charge in [-0.25, -0.2) is 4.98 Å². The van der Waals surface area contributed by atoms with Gasteiger partial charge in [-0.2, -0.15) is 0 Å². The Bertz CT molecular complexity index is 875. The van der Waals surface area contributed by atoms with Crippen molar-refractivity contribution in [1.29, 1.82) is 0 Å². The molecular weight excluding hydrogens is 344 g/mol. The highest BCUT2D eigenvalue weighted by Gasteiger charge is 2.30. The molecule has 0 unspecified atom stereocenters. The number of aromatic nitrogens is 2. The molecule has 2 aliphatic rings. The summed E-state index contributed by atoms with van der Waals surface area (Å²) in [4.78, 5) is 37.0. The van der Waals surface area contributed by atoms with E-state index in [1.54, 1.807) is 0 Å². The van der Waals surface area contributed by atoms with Gasteiger partial charge in [-0.1, -0.05) is 30.3 Å². The number of morpholine rings is 1. The predicted molar refractivity (Wildman–Crippen MR) is 101 cm³/mol. The first-order chi connectivity index (χ1) is 13.1. The van der Waals surface area contributed by atoms with Gasteiger partial charge in [0.25, 0.3) is 5.56 Å². The zero-order valence-corrected chi connectivity index (χ0v) is 15.5. The van der Waals surface area contributed by atoms with E-state index in [-0.39, 0.29) is 17.5 Å². The molecule has 0 bridgehead atoms. The average molecular weight is 368 g/mol. The normalized spacial score (nSPS) is 18.8. The van der Waals surface area contributed by atoms with Gasteiger partial charge >= 0.3 is 0 Å². The highest BCUT2D eigenvalue weighted by atomic mass is 16.5. The molecule has 1 aromatic heterocycles. The minimum Gasteiger partial charge on any atom is -0.379 e. The van der Waals surface area contributed by atoms with E-state index in [4.69, 9.17) is 4.74 Å². The second-order valence-corrected chi connectivity index (χ2v) is 7.04. The molecule has 0 aliphatic carbocycles. The molecule has 1 atom stereocenters. The highest BCUT2D eigenvalue weighted by molar-refractivity contribution is 5.81. The number of rotatable bonds is 3. The Balaban J connectivity index is 1.56. The summed E-state index contributed by atoms with van der Waals surface area (Å²) in [6.45, 7) is 5.75. The Hall–Kier alpha value is -2.51. The number of H-pyrrole nitrogens is 1. The number of amides is 1. The van der Waals surface area contributed by atoms with Crippen molar-refractivity contribution < 1.29 is 9.53 Å². The summed E-state index contributed by atoms with van der Waals surface area (Å²) in [5.41, 5.74) is 2.15. The van der Waals surface area contributed by atoms with Crippen LogP contribution in [0.5, 0.6) is 0 Å². The van der Waals surface area contributed by atoms with Crippen LogP contribution in [0.25, 0.3) is 11.4 Å². The largest absolute Gasteiger partial charge is 0.379 e. The van der Waals surface area contributed by atoms with Crippen molar-refractivity contribution in [3.8, 4) is 11.4 Å². The number of carbonyl (C=O) groups is 1. The van der Waals surface area contributed by atoms with Crippen molar-refractivity contribution >= 4 is 5.91 Å². The molecule has 1 saturated heterocycles. The fourth-order valence-electron chi connectivity index (χ4n) is 3.75. The van der Waals surface area contributed by atoms with Crippen LogP contribution in [0.1, 0.15) is 18.2 Å². The maximum absolute atomic E-state index is 13.0. The van der Waals surface area contributed by atoms with E-state index < -0.39 is 0 Å². The molecule has 7 heteroatoms. The second kappa shape index (κ2) is 7.62. The van der Waals surface area contributed by atoms with E-state index in [9.17, 15) is 9.59 Å². The SMILES string of the molecule is C[C@@H](C(=O)N1CCc2c(nc(-c3ccccc3)[nH]c2=O)C1)N1CCOCC1. The molecule has 2 aromatic rings. The standard InChI is InChI=1S/C20H24N4O3/c1-14(23-9-11-27-12-10-23)20(26)24-8-7-16-17(13-24)21-18(22-19(16)25)15-5-3-2-4-6-15/h2-6,14H,7-13H2,1H3,(H,21,22,25)/t14-/m0/s1. The topological polar surface area (TPSA) is 78.5 Å². The van der Waals surface area contributed by atoms with Gasteiger partial charge in [0.1, 0.15) is 5.82 Å². The third-order valence-corrected chi connectivity index (χ3v) is 5.38. The highest BCUT2D eigenvalue weighted by Crippen LogP contribution is 2.20. The number of hydrogen-bond acceptors (Lipinski definition) is 5. The number of carbonyl (C=O) groups excluding carboxylic acids is 1. The maximum atomic E-state index is 13.0. The summed E-state index contributed by atoms with van der Waals surface area (Å²) >= 11 is 0. The molecule has 27 heavy (non-hydrogen) atoms. The van der Waals surface area contributed by atoms with E-state index in [2.05, 4.69) is 14.9 Å². The lowest BCUT2D eigenvalue weighted by Crippen LogP contribution is -2.52. The zero-order valence-electron chi connectivity index (χ0n) is 15.5. The minimum absolute atomic E-state index is 0.0888. The Morgan fingerprint density at radius 2 is 1.93 bits per heavy atom. The van der Waals surface area contributed by atoms with E-state index in [1.807, 2.05) is 42.2 Å². The summed E-state index contributed by atoms with van der Waals surface area (Å²) in [5, 5.41) is 0. The van der Waals surface area contributed by atoms with Crippen LogP contribution in [0.4, 0.5) is 0 Å². The Labute approximate surface area is 158 Å². The molecule has 1 fully saturated rings. The lowest BCUT2D eigenvalue weighted by atomic mass is 10.0. The maximum Gasteiger partial charge on any atom is 0.254 e. The summed E-state index contributed by atoms with van der Waals surface area (Å²) in [5.74, 6) is 0.640. The molecule has 0 saturated carbocycles. The third-order valence-electron chi connectivity index (χ3n) is 5.38. The fourth-order valence-corrected chi connectivity index (χ4v) is 3.75. The monoisotopic (exact) mass is 368 g/mol. The summed E-state index contributed by atoms with van der Waals surface area (Å²) in [7, 11) is 0. The van der Waals surface area contributed by atoms with Gasteiger partial charge in [-0.15, -0.1) is 0 Å². The van der Waals surface area contributed by atoms with Crippen molar-refractivity contribution in [2.75, 3.05) is 32.8 Å². The molecule has 1 aromatic carbocycles. The van der Waals surface area contributed by atoms with E-state index in [0.717, 1.165) is 18.7 Å². The summed E-state index contributed by atoms with van der Waals surface area (Å²) < 4.78 is 5.38. The van der Waals surface area contributed by atoms with Crippen LogP contribution in [0.3, 0.4) is 0 Å². The van der Waals surface area contributed by atoms with Crippen molar-refractivity contribution in [3.63, 3.8) is 0 Å². The lowest BCUT2D eigenvalue weighted by molar-refractivity contribution is -0.139. The molecule has 142 valence electrons. The van der Waals surface area contributed by atoms with Gasteiger partial charge in [0.05, 0.1) is 31.5 Å². The Kier molecular flexibility index (Phi) is 5.05. The number of nitrogens with zero attached hydrogens (tertiary/aromatic N) is 3. The van der Waals surface area contributed by atoms with Crippen LogP contribution < -0.4 is 5.56 Å². The number of fused-ring (bicyclic) bond motifs is 1. The quantitative estimate of drug-likeness (QED) is 0.876. The number of benzene rings is 1. The third kappa shape index (κ3) is 3.65. The number of nitrogens with one attached hydrogen (secondary N) is 1. The van der Waals surface area contributed by atoms with Gasteiger partial charge in [-0.3, -0.25) is 14.5 Å². The van der Waals surface area contributed by atoms with Gasteiger partial charge in [0.15, 0.2) is 0 Å². The van der Waals surface area contributed by atoms with Gasteiger partial charge in [-0.05, 0) is 13.3 Å². The number of hydrogen-bond donors (Lipinski definition) is 1. The van der Waals surface area contributed by atoms with E-state index in [0.29, 0.717) is 49.8 Å². The van der Waals surface area contributed by atoms with Crippen LogP contribution in [0.15, 0.2) is 35.1 Å². The first-order valence-corrected chi connectivity index (χ1v) is 9.41.